The Hall–Kier alpha value is -5.14. The first kappa shape index (κ1) is 27.1. The molecule has 0 fully saturated rings. The van der Waals surface area contributed by atoms with Gasteiger partial charge in [0.15, 0.2) is 5.58 Å². The van der Waals surface area contributed by atoms with Gasteiger partial charge >= 0.3 is 0 Å². The lowest BCUT2D eigenvalue weighted by atomic mass is 10.1. The number of anilines is 2. The first-order chi connectivity index (χ1) is 20.5. The Morgan fingerprint density at radius 1 is 0.714 bits per heavy atom. The lowest BCUT2D eigenvalue weighted by Gasteiger charge is -2.17. The summed E-state index contributed by atoms with van der Waals surface area (Å²) in [5.41, 5.74) is 6.31. The van der Waals surface area contributed by atoms with E-state index < -0.39 is 5.25 Å². The van der Waals surface area contributed by atoms with Gasteiger partial charge in [-0.1, -0.05) is 60.2 Å². The molecule has 6 rings (SSSR count). The minimum absolute atomic E-state index is 0.141. The van der Waals surface area contributed by atoms with Crippen molar-refractivity contribution < 1.29 is 14.0 Å². The normalized spacial score (nSPS) is 11.6. The molecule has 0 aliphatic heterocycles. The van der Waals surface area contributed by atoms with Gasteiger partial charge in [0.2, 0.25) is 11.8 Å². The molecule has 0 saturated carbocycles. The number of benzene rings is 5. The van der Waals surface area contributed by atoms with Crippen molar-refractivity contribution in [3.8, 4) is 11.5 Å². The topological polar surface area (TPSA) is 84.2 Å². The van der Waals surface area contributed by atoms with E-state index in [1.54, 1.807) is 12.1 Å². The first-order valence-corrected chi connectivity index (χ1v) is 14.4. The van der Waals surface area contributed by atoms with Crippen molar-refractivity contribution in [2.75, 3.05) is 10.6 Å². The molecule has 0 radical (unpaired) electrons. The van der Waals surface area contributed by atoms with E-state index >= 15 is 0 Å². The molecule has 42 heavy (non-hydrogen) atoms. The molecule has 2 amide bonds. The van der Waals surface area contributed by atoms with Gasteiger partial charge < -0.3 is 15.1 Å². The first-order valence-electron chi connectivity index (χ1n) is 13.5. The summed E-state index contributed by atoms with van der Waals surface area (Å²) in [5.74, 6) is 0.224. The predicted molar refractivity (Wildman–Crippen MR) is 169 cm³/mol. The molecule has 6 aromatic rings. The summed E-state index contributed by atoms with van der Waals surface area (Å²) in [6.45, 7) is 1.98. The number of aryl methyl sites for hydroxylation is 1. The molecular formula is C35H27N3O3S. The van der Waals surface area contributed by atoms with Crippen molar-refractivity contribution >= 4 is 46.1 Å². The van der Waals surface area contributed by atoms with Crippen LogP contribution in [0.25, 0.3) is 22.6 Å². The second-order valence-electron chi connectivity index (χ2n) is 9.81. The van der Waals surface area contributed by atoms with E-state index in [9.17, 15) is 9.59 Å². The van der Waals surface area contributed by atoms with Gasteiger partial charge in [-0.3, -0.25) is 9.59 Å². The molecule has 1 unspecified atom stereocenters. The fourth-order valence-corrected chi connectivity index (χ4v) is 5.49. The number of amides is 2. The van der Waals surface area contributed by atoms with Crippen LogP contribution < -0.4 is 10.6 Å². The Morgan fingerprint density at radius 3 is 2.07 bits per heavy atom. The molecule has 0 aliphatic rings. The number of thioether (sulfide) groups is 1. The van der Waals surface area contributed by atoms with Crippen LogP contribution in [0.3, 0.4) is 0 Å². The monoisotopic (exact) mass is 569 g/mol. The minimum Gasteiger partial charge on any atom is -0.436 e. The summed E-state index contributed by atoms with van der Waals surface area (Å²) in [5, 5.41) is 5.50. The van der Waals surface area contributed by atoms with Crippen LogP contribution in [0.4, 0.5) is 11.4 Å². The van der Waals surface area contributed by atoms with Gasteiger partial charge in [0.05, 0.1) is 0 Å². The van der Waals surface area contributed by atoms with Crippen molar-refractivity contribution in [1.29, 1.82) is 0 Å². The number of oxazole rings is 1. The SMILES string of the molecule is Cc1ccc(C(=O)Nc2ccc(SC(C(=O)Nc3ccc(-c4nc5ccccc5o4)cc3)c3ccccc3)cc2)cc1. The van der Waals surface area contributed by atoms with E-state index in [0.717, 1.165) is 32.7 Å². The number of para-hydroxylation sites is 2. The fraction of sp³-hybridized carbons (Fsp3) is 0.0571. The average Bonchev–Trinajstić information content (AvgIpc) is 3.46. The fourth-order valence-electron chi connectivity index (χ4n) is 4.46. The molecule has 1 aromatic heterocycles. The number of aromatic nitrogens is 1. The quantitative estimate of drug-likeness (QED) is 0.180. The molecule has 0 aliphatic carbocycles. The summed E-state index contributed by atoms with van der Waals surface area (Å²) in [4.78, 5) is 31.6. The lowest BCUT2D eigenvalue weighted by molar-refractivity contribution is -0.115. The van der Waals surface area contributed by atoms with E-state index in [2.05, 4.69) is 15.6 Å². The maximum absolute atomic E-state index is 13.6. The van der Waals surface area contributed by atoms with Crippen molar-refractivity contribution in [2.45, 2.75) is 17.1 Å². The molecular weight excluding hydrogens is 542 g/mol. The van der Waals surface area contributed by atoms with Crippen molar-refractivity contribution in [2.24, 2.45) is 0 Å². The zero-order valence-corrected chi connectivity index (χ0v) is 23.6. The lowest BCUT2D eigenvalue weighted by Crippen LogP contribution is -2.19. The van der Waals surface area contributed by atoms with E-state index in [4.69, 9.17) is 4.42 Å². The zero-order chi connectivity index (χ0) is 28.9. The van der Waals surface area contributed by atoms with E-state index in [1.165, 1.54) is 11.8 Å². The molecule has 0 spiro atoms. The Morgan fingerprint density at radius 2 is 1.36 bits per heavy atom. The van der Waals surface area contributed by atoms with E-state index in [-0.39, 0.29) is 11.8 Å². The molecule has 1 atom stereocenters. The van der Waals surface area contributed by atoms with Crippen LogP contribution in [0.1, 0.15) is 26.7 Å². The molecule has 5 aromatic carbocycles. The van der Waals surface area contributed by atoms with Gasteiger partial charge in [0.25, 0.3) is 5.91 Å². The maximum Gasteiger partial charge on any atom is 0.255 e. The van der Waals surface area contributed by atoms with Crippen molar-refractivity contribution in [1.82, 2.24) is 4.98 Å². The Balaban J connectivity index is 1.15. The standard InChI is InChI=1S/C35H27N3O3S/c1-23-11-13-25(14-12-23)33(39)36-28-19-21-29(22-20-28)42-32(24-7-3-2-4-8-24)34(40)37-27-17-15-26(16-18-27)35-38-30-9-5-6-10-31(30)41-35/h2-22,32H,1H3,(H,36,39)(H,37,40). The van der Waals surface area contributed by atoms with Crippen LogP contribution in [-0.2, 0) is 4.79 Å². The molecule has 7 heteroatoms. The van der Waals surface area contributed by atoms with Gasteiger partial charge in [0, 0.05) is 27.4 Å². The van der Waals surface area contributed by atoms with Crippen LogP contribution >= 0.6 is 11.8 Å². The number of hydrogen-bond acceptors (Lipinski definition) is 5. The van der Waals surface area contributed by atoms with Crippen molar-refractivity contribution in [3.63, 3.8) is 0 Å². The number of nitrogens with zero attached hydrogens (tertiary/aromatic N) is 1. The average molecular weight is 570 g/mol. The van der Waals surface area contributed by atoms with Crippen LogP contribution in [0.15, 0.2) is 137 Å². The molecule has 0 saturated heterocycles. The third-order valence-corrected chi connectivity index (χ3v) is 7.98. The largest absolute Gasteiger partial charge is 0.436 e. The van der Waals surface area contributed by atoms with Gasteiger partial charge in [-0.25, -0.2) is 4.98 Å². The zero-order valence-electron chi connectivity index (χ0n) is 22.8. The van der Waals surface area contributed by atoms with Crippen LogP contribution in [-0.4, -0.2) is 16.8 Å². The Labute approximate surface area is 247 Å². The number of nitrogens with one attached hydrogen (secondary N) is 2. The number of carbonyl (C=O) groups is 2. The van der Waals surface area contributed by atoms with Crippen LogP contribution in [0.2, 0.25) is 0 Å². The summed E-state index contributed by atoms with van der Waals surface area (Å²) in [6, 6.07) is 39.7. The highest BCUT2D eigenvalue weighted by atomic mass is 32.2. The van der Waals surface area contributed by atoms with Gasteiger partial charge in [-0.05, 0) is 85.3 Å². The van der Waals surface area contributed by atoms with Gasteiger partial charge in [-0.15, -0.1) is 11.8 Å². The Bertz CT molecular complexity index is 1800. The van der Waals surface area contributed by atoms with Gasteiger partial charge in [0.1, 0.15) is 10.8 Å². The highest BCUT2D eigenvalue weighted by Gasteiger charge is 2.22. The Kier molecular flexibility index (Phi) is 7.83. The van der Waals surface area contributed by atoms with Crippen molar-refractivity contribution in [3.05, 3.63) is 144 Å². The third kappa shape index (κ3) is 6.27. The summed E-state index contributed by atoms with van der Waals surface area (Å²) < 4.78 is 5.87. The number of carbonyl (C=O) groups excluding carboxylic acids is 2. The van der Waals surface area contributed by atoms with E-state index in [0.29, 0.717) is 22.8 Å². The molecule has 0 bridgehead atoms. The number of hydrogen-bond donors (Lipinski definition) is 2. The maximum atomic E-state index is 13.6. The third-order valence-electron chi connectivity index (χ3n) is 6.71. The summed E-state index contributed by atoms with van der Waals surface area (Å²) >= 11 is 1.45. The second kappa shape index (κ2) is 12.2. The highest BCUT2D eigenvalue weighted by molar-refractivity contribution is 8.00. The number of fused-ring (bicyclic) bond motifs is 1. The minimum atomic E-state index is -0.490. The van der Waals surface area contributed by atoms with Gasteiger partial charge in [-0.2, -0.15) is 0 Å². The molecule has 6 nitrogen and oxygen atoms in total. The summed E-state index contributed by atoms with van der Waals surface area (Å²) in [6.07, 6.45) is 0. The predicted octanol–water partition coefficient (Wildman–Crippen LogP) is 8.53. The number of rotatable bonds is 8. The van der Waals surface area contributed by atoms with Crippen LogP contribution in [0.5, 0.6) is 0 Å². The highest BCUT2D eigenvalue weighted by Crippen LogP contribution is 2.37. The van der Waals surface area contributed by atoms with Crippen LogP contribution in [0, 0.1) is 6.92 Å². The van der Waals surface area contributed by atoms with E-state index in [1.807, 2.05) is 122 Å². The second-order valence-corrected chi connectivity index (χ2v) is 11.0. The smallest absolute Gasteiger partial charge is 0.255 e. The molecule has 2 N–H and O–H groups in total. The molecule has 206 valence electrons. The molecule has 1 heterocycles. The summed E-state index contributed by atoms with van der Waals surface area (Å²) in [7, 11) is 0.